The van der Waals surface area contributed by atoms with Crippen LogP contribution in [-0.4, -0.2) is 19.4 Å². The van der Waals surface area contributed by atoms with Crippen molar-refractivity contribution in [3.8, 4) is 33.8 Å². The van der Waals surface area contributed by atoms with Crippen LogP contribution in [0.15, 0.2) is 155 Å². The molecule has 0 fully saturated rings. The molecule has 0 atom stereocenters. The highest BCUT2D eigenvalue weighted by atomic mass is 16.3. The average molecular weight is 653 g/mol. The van der Waals surface area contributed by atoms with Crippen LogP contribution in [-0.2, 0) is 0 Å². The fourth-order valence-electron chi connectivity index (χ4n) is 8.24. The highest BCUT2D eigenvalue weighted by molar-refractivity contribution is 6.30. The van der Waals surface area contributed by atoms with Gasteiger partial charge in [-0.3, -0.25) is 0 Å². The first-order chi connectivity index (χ1) is 25.3. The van der Waals surface area contributed by atoms with Crippen molar-refractivity contribution >= 4 is 82.0 Å². The van der Waals surface area contributed by atoms with Crippen LogP contribution < -0.4 is 0 Å². The number of fused-ring (bicyclic) bond motifs is 12. The van der Waals surface area contributed by atoms with Crippen LogP contribution in [0.25, 0.3) is 116 Å². The van der Waals surface area contributed by atoms with Gasteiger partial charge in [-0.15, -0.1) is 0 Å². The molecule has 5 heterocycles. The van der Waals surface area contributed by atoms with Gasteiger partial charge in [-0.2, -0.15) is 0 Å². The van der Waals surface area contributed by atoms with E-state index < -0.39 is 0 Å². The predicted octanol–water partition coefficient (Wildman–Crippen LogP) is 11.8. The van der Waals surface area contributed by atoms with E-state index in [0.29, 0.717) is 5.82 Å². The number of para-hydroxylation sites is 4. The van der Waals surface area contributed by atoms with Crippen molar-refractivity contribution in [1.29, 1.82) is 0 Å². The Balaban J connectivity index is 1.07. The molecule has 7 aromatic carbocycles. The Kier molecular flexibility index (Phi) is 5.14. The zero-order chi connectivity index (χ0) is 33.2. The van der Waals surface area contributed by atoms with E-state index in [1.807, 2.05) is 36.4 Å². The Labute approximate surface area is 289 Å². The number of benzene rings is 7. The summed E-state index contributed by atoms with van der Waals surface area (Å²) in [7, 11) is 0. The van der Waals surface area contributed by atoms with Gasteiger partial charge in [-0.05, 0) is 59.7 Å². The van der Waals surface area contributed by atoms with Gasteiger partial charge in [-0.1, -0.05) is 91.0 Å². The fraction of sp³-hybridized carbons (Fsp3) is 0. The van der Waals surface area contributed by atoms with Gasteiger partial charge < -0.3 is 13.2 Å². The molecule has 6 heteroatoms. The zero-order valence-corrected chi connectivity index (χ0v) is 27.0. The molecule has 0 unspecified atom stereocenters. The molecular formula is C45H24N4O2. The maximum absolute atomic E-state index is 6.40. The Hall–Kier alpha value is -7.05. The molecule has 0 saturated carbocycles. The summed E-state index contributed by atoms with van der Waals surface area (Å²) in [5.74, 6) is 0.634. The minimum Gasteiger partial charge on any atom is -0.455 e. The first-order valence-electron chi connectivity index (χ1n) is 17.0. The lowest BCUT2D eigenvalue weighted by atomic mass is 9.98. The first-order valence-corrected chi connectivity index (χ1v) is 17.0. The highest BCUT2D eigenvalue weighted by Crippen LogP contribution is 2.44. The molecule has 0 aliphatic rings. The van der Waals surface area contributed by atoms with Gasteiger partial charge in [0.25, 0.3) is 0 Å². The van der Waals surface area contributed by atoms with Crippen molar-refractivity contribution in [3.63, 3.8) is 0 Å². The number of nitrogens with zero attached hydrogens (tertiary/aromatic N) is 4. The summed E-state index contributed by atoms with van der Waals surface area (Å²) in [6, 6.07) is 48.7. The van der Waals surface area contributed by atoms with Crippen LogP contribution in [0.2, 0.25) is 0 Å². The van der Waals surface area contributed by atoms with Crippen molar-refractivity contribution in [2.75, 3.05) is 0 Å². The average Bonchev–Trinajstić information content (AvgIpc) is 3.96. The van der Waals surface area contributed by atoms with Crippen LogP contribution in [0.4, 0.5) is 0 Å². The van der Waals surface area contributed by atoms with Gasteiger partial charge in [0.15, 0.2) is 17.8 Å². The predicted molar refractivity (Wildman–Crippen MR) is 205 cm³/mol. The maximum Gasteiger partial charge on any atom is 0.182 e. The monoisotopic (exact) mass is 652 g/mol. The smallest absolute Gasteiger partial charge is 0.182 e. The zero-order valence-electron chi connectivity index (χ0n) is 27.0. The summed E-state index contributed by atoms with van der Waals surface area (Å²) in [5, 5.41) is 7.77. The fourth-order valence-corrected chi connectivity index (χ4v) is 8.24. The third-order valence-electron chi connectivity index (χ3n) is 10.5. The molecule has 0 N–H and O–H groups in total. The Morgan fingerprint density at radius 2 is 1.25 bits per heavy atom. The minimum atomic E-state index is 0.634. The Bertz CT molecular complexity index is 3390. The van der Waals surface area contributed by atoms with Gasteiger partial charge in [0.05, 0.1) is 38.7 Å². The lowest BCUT2D eigenvalue weighted by Crippen LogP contribution is -1.95. The van der Waals surface area contributed by atoms with E-state index in [1.165, 1.54) is 21.8 Å². The van der Waals surface area contributed by atoms with E-state index in [0.717, 1.165) is 88.2 Å². The van der Waals surface area contributed by atoms with Gasteiger partial charge in [0, 0.05) is 37.9 Å². The highest BCUT2D eigenvalue weighted by Gasteiger charge is 2.22. The van der Waals surface area contributed by atoms with Crippen LogP contribution in [0, 0.1) is 0 Å². The molecule has 51 heavy (non-hydrogen) atoms. The van der Waals surface area contributed by atoms with E-state index in [4.69, 9.17) is 18.8 Å². The second kappa shape index (κ2) is 9.77. The number of oxazole rings is 1. The molecule has 0 spiro atoms. The van der Waals surface area contributed by atoms with Crippen molar-refractivity contribution < 1.29 is 8.83 Å². The number of furan rings is 1. The lowest BCUT2D eigenvalue weighted by molar-refractivity contribution is 0.605. The number of hydrogen-bond donors (Lipinski definition) is 0. The number of hydrogen-bond acceptors (Lipinski definition) is 5. The summed E-state index contributed by atoms with van der Waals surface area (Å²) in [6.45, 7) is 0. The molecule has 0 aliphatic heterocycles. The van der Waals surface area contributed by atoms with Gasteiger partial charge in [0.2, 0.25) is 0 Å². The summed E-state index contributed by atoms with van der Waals surface area (Å²) in [4.78, 5) is 14.9. The van der Waals surface area contributed by atoms with Crippen molar-refractivity contribution in [3.05, 3.63) is 146 Å². The molecule has 12 aromatic rings. The SMILES string of the molecule is c1cc(-c2ccc3c(c2)c2c4ocnc4cc4c5ccccc5n3c42)cc(-c2nc(-c3cccc4c3oc3ccccc34)nc3ccccc23)c1. The van der Waals surface area contributed by atoms with Crippen LogP contribution in [0.3, 0.4) is 0 Å². The number of rotatable bonds is 3. The Morgan fingerprint density at radius 3 is 2.22 bits per heavy atom. The molecule has 236 valence electrons. The van der Waals surface area contributed by atoms with Crippen LogP contribution in [0.1, 0.15) is 0 Å². The minimum absolute atomic E-state index is 0.634. The molecule has 6 nitrogen and oxygen atoms in total. The van der Waals surface area contributed by atoms with Crippen LogP contribution >= 0.6 is 0 Å². The standard InChI is InChI=1S/C45H24N4O2/c1-4-16-35-31(13-1)41(48-45(47-35)32-15-8-14-30-29-12-3-6-18-39(29)51-43(30)32)27-10-7-9-25(21-27)26-19-20-38-34(22-26)40-42-33(23-36-44(40)50-24-46-36)28-11-2-5-17-37(28)49(38)42/h1-24H. The molecule has 12 rings (SSSR count). The summed E-state index contributed by atoms with van der Waals surface area (Å²) >= 11 is 0. The van der Waals surface area contributed by atoms with E-state index >= 15 is 0 Å². The van der Waals surface area contributed by atoms with Crippen LogP contribution in [0.5, 0.6) is 0 Å². The first kappa shape index (κ1) is 26.9. The van der Waals surface area contributed by atoms with Crippen molar-refractivity contribution in [1.82, 2.24) is 19.4 Å². The molecular weight excluding hydrogens is 629 g/mol. The third kappa shape index (κ3) is 3.63. The molecule has 0 saturated heterocycles. The second-order valence-electron chi connectivity index (χ2n) is 13.2. The van der Waals surface area contributed by atoms with E-state index in [1.54, 1.807) is 6.39 Å². The molecule has 5 aromatic heterocycles. The molecule has 0 radical (unpaired) electrons. The van der Waals surface area contributed by atoms with Gasteiger partial charge in [-0.25, -0.2) is 15.0 Å². The van der Waals surface area contributed by atoms with Crippen molar-refractivity contribution in [2.24, 2.45) is 0 Å². The lowest BCUT2D eigenvalue weighted by Gasteiger charge is -2.11. The van der Waals surface area contributed by atoms with E-state index in [9.17, 15) is 0 Å². The van der Waals surface area contributed by atoms with E-state index in [-0.39, 0.29) is 0 Å². The number of aromatic nitrogens is 4. The van der Waals surface area contributed by atoms with Gasteiger partial charge >= 0.3 is 0 Å². The summed E-state index contributed by atoms with van der Waals surface area (Å²) < 4.78 is 14.8. The summed E-state index contributed by atoms with van der Waals surface area (Å²) in [6.07, 6.45) is 1.55. The van der Waals surface area contributed by atoms with Crippen molar-refractivity contribution in [2.45, 2.75) is 0 Å². The maximum atomic E-state index is 6.40. The quantitative estimate of drug-likeness (QED) is 0.190. The molecule has 0 bridgehead atoms. The normalized spacial score (nSPS) is 12.3. The molecule has 0 amide bonds. The Morgan fingerprint density at radius 1 is 0.490 bits per heavy atom. The van der Waals surface area contributed by atoms with E-state index in [2.05, 4.69) is 113 Å². The van der Waals surface area contributed by atoms with Gasteiger partial charge in [0.1, 0.15) is 16.7 Å². The second-order valence-corrected chi connectivity index (χ2v) is 13.2. The largest absolute Gasteiger partial charge is 0.455 e. The summed E-state index contributed by atoms with van der Waals surface area (Å²) in [5.41, 5.74) is 12.7. The topological polar surface area (TPSA) is 69.4 Å². The molecule has 0 aliphatic carbocycles. The third-order valence-corrected chi connectivity index (χ3v) is 10.5.